The first-order valence-corrected chi connectivity index (χ1v) is 9.96. The Morgan fingerprint density at radius 3 is 2.44 bits per heavy atom. The number of anilines is 1. The van der Waals surface area contributed by atoms with E-state index in [1.165, 1.54) is 19.1 Å². The minimum atomic E-state index is -4.38. The Morgan fingerprint density at radius 1 is 1.12 bits per heavy atom. The zero-order valence-corrected chi connectivity index (χ0v) is 17.8. The van der Waals surface area contributed by atoms with E-state index in [-0.39, 0.29) is 5.97 Å². The second kappa shape index (κ2) is 9.68. The van der Waals surface area contributed by atoms with E-state index in [0.717, 1.165) is 23.3 Å². The van der Waals surface area contributed by atoms with Gasteiger partial charge in [0, 0.05) is 25.6 Å². The highest BCUT2D eigenvalue weighted by molar-refractivity contribution is 5.69. The highest BCUT2D eigenvalue weighted by Crippen LogP contribution is 2.31. The molecule has 7 heteroatoms. The van der Waals surface area contributed by atoms with Gasteiger partial charge in [0.05, 0.1) is 11.3 Å². The fourth-order valence-corrected chi connectivity index (χ4v) is 3.28. The molecule has 0 bridgehead atoms. The smallest absolute Gasteiger partial charge is 0.416 e. The fraction of sp³-hybridized carbons (Fsp3) is 0.200. The van der Waals surface area contributed by atoms with E-state index in [1.807, 2.05) is 36.1 Å². The second-order valence-corrected chi connectivity index (χ2v) is 7.32. The first kappa shape index (κ1) is 23.1. The van der Waals surface area contributed by atoms with Crippen LogP contribution in [0.1, 0.15) is 23.6 Å². The van der Waals surface area contributed by atoms with Gasteiger partial charge in [-0.25, -0.2) is 4.98 Å². The molecule has 1 aromatic heterocycles. The normalized spacial score (nSPS) is 11.2. The zero-order chi connectivity index (χ0) is 23.3. The van der Waals surface area contributed by atoms with Gasteiger partial charge in [0.2, 0.25) is 0 Å². The summed E-state index contributed by atoms with van der Waals surface area (Å²) in [5, 5.41) is 0. The van der Waals surface area contributed by atoms with Crippen LogP contribution >= 0.6 is 0 Å². The van der Waals surface area contributed by atoms with E-state index in [0.29, 0.717) is 35.9 Å². The van der Waals surface area contributed by atoms with Crippen LogP contribution in [-0.4, -0.2) is 17.5 Å². The molecule has 0 aliphatic heterocycles. The maximum atomic E-state index is 12.8. The SMILES string of the molecule is C=CCN(Cc1ccc(OC(C)=O)c(C)c1)c1cccc(-c2ccc(C(F)(F)F)cc2)n1. The number of esters is 1. The first-order valence-electron chi connectivity index (χ1n) is 9.96. The summed E-state index contributed by atoms with van der Waals surface area (Å²) in [6.07, 6.45) is -2.62. The standard InChI is InChI=1S/C25H23F3N2O2/c1-4-14-30(16-19-8-13-23(17(2)15-19)32-18(3)31)24-7-5-6-22(29-24)20-9-11-21(12-10-20)25(26,27)28/h4-13,15H,1,14,16H2,2-3H3. The third-order valence-electron chi connectivity index (χ3n) is 4.78. The van der Waals surface area contributed by atoms with Gasteiger partial charge >= 0.3 is 12.1 Å². The van der Waals surface area contributed by atoms with Crippen LogP contribution in [0.5, 0.6) is 5.75 Å². The Labute approximate surface area is 185 Å². The summed E-state index contributed by atoms with van der Waals surface area (Å²) in [5.74, 6) is 0.807. The van der Waals surface area contributed by atoms with Crippen LogP contribution in [0.4, 0.5) is 19.0 Å². The number of benzene rings is 2. The summed E-state index contributed by atoms with van der Waals surface area (Å²) >= 11 is 0. The Morgan fingerprint density at radius 2 is 1.84 bits per heavy atom. The summed E-state index contributed by atoms with van der Waals surface area (Å²) in [5.41, 5.74) is 2.30. The number of hydrogen-bond donors (Lipinski definition) is 0. The predicted molar refractivity (Wildman–Crippen MR) is 118 cm³/mol. The Kier molecular flexibility index (Phi) is 6.98. The van der Waals surface area contributed by atoms with E-state index in [9.17, 15) is 18.0 Å². The fourth-order valence-electron chi connectivity index (χ4n) is 3.28. The molecule has 0 aliphatic carbocycles. The largest absolute Gasteiger partial charge is 0.426 e. The highest BCUT2D eigenvalue weighted by Gasteiger charge is 2.30. The molecule has 0 amide bonds. The molecule has 0 fully saturated rings. The third-order valence-corrected chi connectivity index (χ3v) is 4.78. The molecule has 0 atom stereocenters. The molecule has 0 saturated carbocycles. The molecule has 2 aromatic carbocycles. The van der Waals surface area contributed by atoms with Crippen molar-refractivity contribution in [2.24, 2.45) is 0 Å². The van der Waals surface area contributed by atoms with Crippen molar-refractivity contribution in [3.63, 3.8) is 0 Å². The number of pyridine rings is 1. The van der Waals surface area contributed by atoms with Crippen LogP contribution in [-0.2, 0) is 17.5 Å². The topological polar surface area (TPSA) is 42.4 Å². The number of aryl methyl sites for hydroxylation is 1. The molecular formula is C25H23F3N2O2. The third kappa shape index (κ3) is 5.75. The van der Waals surface area contributed by atoms with E-state index in [4.69, 9.17) is 4.74 Å². The van der Waals surface area contributed by atoms with Crippen molar-refractivity contribution in [2.45, 2.75) is 26.6 Å². The van der Waals surface area contributed by atoms with Gasteiger partial charge in [-0.05, 0) is 48.4 Å². The van der Waals surface area contributed by atoms with Gasteiger partial charge in [0.1, 0.15) is 11.6 Å². The Bertz CT molecular complexity index is 1110. The van der Waals surface area contributed by atoms with E-state index in [1.54, 1.807) is 18.2 Å². The molecular weight excluding hydrogens is 417 g/mol. The number of aromatic nitrogens is 1. The van der Waals surface area contributed by atoms with Gasteiger partial charge in [-0.15, -0.1) is 6.58 Å². The maximum Gasteiger partial charge on any atom is 0.416 e. The summed E-state index contributed by atoms with van der Waals surface area (Å²) in [6.45, 7) is 8.08. The quantitative estimate of drug-likeness (QED) is 0.249. The van der Waals surface area contributed by atoms with Crippen molar-refractivity contribution in [3.8, 4) is 17.0 Å². The van der Waals surface area contributed by atoms with Crippen molar-refractivity contribution in [2.75, 3.05) is 11.4 Å². The minimum Gasteiger partial charge on any atom is -0.426 e. The van der Waals surface area contributed by atoms with Gasteiger partial charge in [0.15, 0.2) is 0 Å². The van der Waals surface area contributed by atoms with Gasteiger partial charge in [-0.2, -0.15) is 13.2 Å². The summed E-state index contributed by atoms with van der Waals surface area (Å²) in [4.78, 5) is 17.9. The maximum absolute atomic E-state index is 12.8. The van der Waals surface area contributed by atoms with Crippen LogP contribution in [0.25, 0.3) is 11.3 Å². The Balaban J connectivity index is 1.85. The molecule has 32 heavy (non-hydrogen) atoms. The average Bonchev–Trinajstić information content (AvgIpc) is 2.75. The second-order valence-electron chi connectivity index (χ2n) is 7.32. The summed E-state index contributed by atoms with van der Waals surface area (Å²) in [6, 6.07) is 15.9. The highest BCUT2D eigenvalue weighted by atomic mass is 19.4. The van der Waals surface area contributed by atoms with Gasteiger partial charge in [-0.3, -0.25) is 4.79 Å². The van der Waals surface area contributed by atoms with Crippen molar-refractivity contribution >= 4 is 11.8 Å². The zero-order valence-electron chi connectivity index (χ0n) is 17.8. The number of halogens is 3. The van der Waals surface area contributed by atoms with E-state index in [2.05, 4.69) is 11.6 Å². The summed E-state index contributed by atoms with van der Waals surface area (Å²) in [7, 11) is 0. The molecule has 1 heterocycles. The number of nitrogens with zero attached hydrogens (tertiary/aromatic N) is 2. The van der Waals surface area contributed by atoms with Crippen LogP contribution < -0.4 is 9.64 Å². The lowest BCUT2D eigenvalue weighted by Gasteiger charge is -2.23. The van der Waals surface area contributed by atoms with Crippen LogP contribution in [0.15, 0.2) is 73.3 Å². The van der Waals surface area contributed by atoms with Gasteiger partial charge < -0.3 is 9.64 Å². The van der Waals surface area contributed by atoms with Crippen molar-refractivity contribution < 1.29 is 22.7 Å². The van der Waals surface area contributed by atoms with E-state index < -0.39 is 11.7 Å². The number of alkyl halides is 3. The average molecular weight is 440 g/mol. The number of carbonyl (C=O) groups excluding carboxylic acids is 1. The molecule has 0 saturated heterocycles. The first-order chi connectivity index (χ1) is 15.2. The molecule has 0 unspecified atom stereocenters. The predicted octanol–water partition coefficient (Wildman–Crippen LogP) is 6.19. The van der Waals surface area contributed by atoms with Crippen molar-refractivity contribution in [3.05, 3.63) is 90.0 Å². The Hall–Kier alpha value is -3.61. The van der Waals surface area contributed by atoms with Crippen molar-refractivity contribution in [1.82, 2.24) is 4.98 Å². The molecule has 0 aliphatic rings. The molecule has 0 spiro atoms. The number of ether oxygens (including phenoxy) is 1. The van der Waals surface area contributed by atoms with E-state index >= 15 is 0 Å². The van der Waals surface area contributed by atoms with Crippen LogP contribution in [0.2, 0.25) is 0 Å². The molecule has 4 nitrogen and oxygen atoms in total. The lowest BCUT2D eigenvalue weighted by Crippen LogP contribution is -2.23. The minimum absolute atomic E-state index is 0.376. The van der Waals surface area contributed by atoms with Gasteiger partial charge in [0.25, 0.3) is 0 Å². The number of carbonyl (C=O) groups is 1. The lowest BCUT2D eigenvalue weighted by molar-refractivity contribution is -0.137. The lowest BCUT2D eigenvalue weighted by atomic mass is 10.1. The molecule has 3 rings (SSSR count). The summed E-state index contributed by atoms with van der Waals surface area (Å²) < 4.78 is 43.7. The molecule has 0 radical (unpaired) electrons. The van der Waals surface area contributed by atoms with Crippen LogP contribution in [0, 0.1) is 6.92 Å². The van der Waals surface area contributed by atoms with Crippen LogP contribution in [0.3, 0.4) is 0 Å². The molecule has 166 valence electrons. The number of hydrogen-bond acceptors (Lipinski definition) is 4. The molecule has 0 N–H and O–H groups in total. The van der Waals surface area contributed by atoms with Crippen molar-refractivity contribution in [1.29, 1.82) is 0 Å². The number of rotatable bonds is 7. The van der Waals surface area contributed by atoms with Gasteiger partial charge in [-0.1, -0.05) is 36.4 Å². The monoisotopic (exact) mass is 440 g/mol. The molecule has 3 aromatic rings.